The highest BCUT2D eigenvalue weighted by Gasteiger charge is 2.14. The van der Waals surface area contributed by atoms with Gasteiger partial charge < -0.3 is 4.90 Å². The summed E-state index contributed by atoms with van der Waals surface area (Å²) in [6, 6.07) is 0.232. The van der Waals surface area contributed by atoms with Gasteiger partial charge in [0.25, 0.3) is 0 Å². The second-order valence-corrected chi connectivity index (χ2v) is 4.12. The molecule has 0 atom stereocenters. The second-order valence-electron chi connectivity index (χ2n) is 4.12. The molecule has 1 saturated heterocycles. The van der Waals surface area contributed by atoms with Crippen molar-refractivity contribution >= 4 is 5.96 Å². The molecule has 15 heavy (non-hydrogen) atoms. The fraction of sp³-hybridized carbons (Fsp3) is 0.889. The molecule has 1 fully saturated rings. The zero-order chi connectivity index (χ0) is 11.3. The molecule has 0 spiro atoms. The normalized spacial score (nSPS) is 20.7. The van der Waals surface area contributed by atoms with E-state index in [9.17, 15) is 0 Å². The zero-order valence-electron chi connectivity index (χ0n) is 9.82. The van der Waals surface area contributed by atoms with Gasteiger partial charge in [0.2, 0.25) is 5.96 Å². The van der Waals surface area contributed by atoms with E-state index in [1.807, 2.05) is 13.8 Å². The number of piperazine rings is 1. The van der Waals surface area contributed by atoms with Gasteiger partial charge in [-0.2, -0.15) is 0 Å². The number of aliphatic imine (C=N–C) groups is 1. The summed E-state index contributed by atoms with van der Waals surface area (Å²) < 4.78 is 0. The van der Waals surface area contributed by atoms with Crippen LogP contribution >= 0.6 is 0 Å². The van der Waals surface area contributed by atoms with Crippen LogP contribution in [0.1, 0.15) is 13.8 Å². The van der Waals surface area contributed by atoms with Crippen molar-refractivity contribution in [1.29, 1.82) is 0 Å². The lowest BCUT2D eigenvalue weighted by atomic mass is 10.4. The lowest BCUT2D eigenvalue weighted by molar-refractivity contribution is 0.129. The van der Waals surface area contributed by atoms with Gasteiger partial charge in [-0.15, -0.1) is 0 Å². The molecule has 0 radical (unpaired) electrons. The Bertz CT molecular complexity index is 207. The maximum atomic E-state index is 5.39. The lowest BCUT2D eigenvalue weighted by Crippen LogP contribution is -2.56. The fourth-order valence-corrected chi connectivity index (χ4v) is 1.42. The Labute approximate surface area is 91.4 Å². The van der Waals surface area contributed by atoms with Gasteiger partial charge in [0.05, 0.1) is 0 Å². The first kappa shape index (κ1) is 12.2. The quantitative estimate of drug-likeness (QED) is 0.237. The number of hydrogen-bond acceptors (Lipinski definition) is 4. The maximum absolute atomic E-state index is 5.39. The van der Waals surface area contributed by atoms with Crippen molar-refractivity contribution in [3.63, 3.8) is 0 Å². The van der Waals surface area contributed by atoms with E-state index in [1.54, 1.807) is 0 Å². The Morgan fingerprint density at radius 1 is 1.27 bits per heavy atom. The van der Waals surface area contributed by atoms with E-state index in [0.717, 1.165) is 26.2 Å². The van der Waals surface area contributed by atoms with Crippen LogP contribution in [0, 0.1) is 0 Å². The number of hydrogen-bond donors (Lipinski definition) is 3. The highest BCUT2D eigenvalue weighted by atomic mass is 15.6. The molecule has 0 saturated carbocycles. The van der Waals surface area contributed by atoms with Crippen LogP contribution in [0.15, 0.2) is 4.99 Å². The molecule has 88 valence electrons. The van der Waals surface area contributed by atoms with E-state index < -0.39 is 0 Å². The van der Waals surface area contributed by atoms with Crippen molar-refractivity contribution in [2.24, 2.45) is 10.8 Å². The Morgan fingerprint density at radius 2 is 1.87 bits per heavy atom. The number of nitrogens with zero attached hydrogens (tertiary/aromatic N) is 3. The first-order chi connectivity index (χ1) is 7.11. The van der Waals surface area contributed by atoms with Crippen molar-refractivity contribution in [2.45, 2.75) is 19.9 Å². The Kier molecular flexibility index (Phi) is 4.80. The first-order valence-corrected chi connectivity index (χ1v) is 5.36. The summed E-state index contributed by atoms with van der Waals surface area (Å²) >= 11 is 0. The summed E-state index contributed by atoms with van der Waals surface area (Å²) in [6.45, 7) is 8.12. The topological polar surface area (TPSA) is 68.9 Å². The third-order valence-corrected chi connectivity index (χ3v) is 2.29. The third kappa shape index (κ3) is 4.46. The largest absolute Gasteiger partial charge is 0.304 e. The molecule has 1 aliphatic rings. The zero-order valence-corrected chi connectivity index (χ0v) is 9.82. The van der Waals surface area contributed by atoms with E-state index in [2.05, 4.69) is 32.8 Å². The molecule has 0 aromatic heterocycles. The number of rotatable bonds is 2. The second kappa shape index (κ2) is 5.89. The van der Waals surface area contributed by atoms with Crippen LogP contribution in [0.25, 0.3) is 0 Å². The van der Waals surface area contributed by atoms with Crippen LogP contribution in [0.2, 0.25) is 0 Å². The number of nitrogens with two attached hydrogens (primary N) is 1. The van der Waals surface area contributed by atoms with Gasteiger partial charge in [-0.25, -0.2) is 15.8 Å². The molecule has 0 aliphatic carbocycles. The minimum Gasteiger partial charge on any atom is -0.304 e. The number of guanidine groups is 1. The van der Waals surface area contributed by atoms with Crippen molar-refractivity contribution in [3.05, 3.63) is 0 Å². The van der Waals surface area contributed by atoms with Crippen LogP contribution < -0.4 is 16.7 Å². The minimum atomic E-state index is 0.232. The van der Waals surface area contributed by atoms with Gasteiger partial charge in [0, 0.05) is 32.2 Å². The molecule has 6 nitrogen and oxygen atoms in total. The maximum Gasteiger partial charge on any atom is 0.220 e. The molecule has 6 heteroatoms. The van der Waals surface area contributed by atoms with Crippen LogP contribution in [-0.4, -0.2) is 55.1 Å². The SMILES string of the molecule is CC(C)N=C(NN)NN1CCN(C)CC1. The Balaban J connectivity index is 2.39. The lowest BCUT2D eigenvalue weighted by Gasteiger charge is -2.33. The molecule has 1 rings (SSSR count). The van der Waals surface area contributed by atoms with Crippen LogP contribution in [0.4, 0.5) is 0 Å². The highest BCUT2D eigenvalue weighted by molar-refractivity contribution is 5.78. The molecule has 0 aromatic rings. The molecule has 4 N–H and O–H groups in total. The summed E-state index contributed by atoms with van der Waals surface area (Å²) in [4.78, 5) is 6.62. The van der Waals surface area contributed by atoms with E-state index in [-0.39, 0.29) is 6.04 Å². The summed E-state index contributed by atoms with van der Waals surface area (Å²) in [5, 5.41) is 2.13. The fourth-order valence-electron chi connectivity index (χ4n) is 1.42. The summed E-state index contributed by atoms with van der Waals surface area (Å²) in [7, 11) is 2.13. The molecule has 0 aromatic carbocycles. The molecule has 0 amide bonds. The summed E-state index contributed by atoms with van der Waals surface area (Å²) in [6.07, 6.45) is 0. The van der Waals surface area contributed by atoms with E-state index in [4.69, 9.17) is 5.84 Å². The predicted octanol–water partition coefficient (Wildman–Crippen LogP) is -1.03. The van der Waals surface area contributed by atoms with Gasteiger partial charge in [0.1, 0.15) is 0 Å². The summed E-state index contributed by atoms with van der Waals surface area (Å²) in [5.41, 5.74) is 5.75. The van der Waals surface area contributed by atoms with Crippen molar-refractivity contribution in [1.82, 2.24) is 20.8 Å². The first-order valence-electron chi connectivity index (χ1n) is 5.36. The predicted molar refractivity (Wildman–Crippen MR) is 62.1 cm³/mol. The molecule has 0 bridgehead atoms. The smallest absolute Gasteiger partial charge is 0.220 e. The monoisotopic (exact) mass is 214 g/mol. The van der Waals surface area contributed by atoms with Crippen LogP contribution in [-0.2, 0) is 0 Å². The van der Waals surface area contributed by atoms with Gasteiger partial charge in [0.15, 0.2) is 0 Å². The highest BCUT2D eigenvalue weighted by Crippen LogP contribution is 1.95. The van der Waals surface area contributed by atoms with Crippen molar-refractivity contribution < 1.29 is 0 Å². The standard InChI is InChI=1S/C9H22N6/c1-8(2)11-9(12-10)13-15-6-4-14(3)5-7-15/h8H,4-7,10H2,1-3H3,(H2,11,12,13). The van der Waals surface area contributed by atoms with E-state index in [0.29, 0.717) is 5.96 Å². The van der Waals surface area contributed by atoms with Gasteiger partial charge in [-0.1, -0.05) is 0 Å². The average Bonchev–Trinajstić information content (AvgIpc) is 2.19. The molecular weight excluding hydrogens is 192 g/mol. The average molecular weight is 214 g/mol. The van der Waals surface area contributed by atoms with E-state index in [1.165, 1.54) is 0 Å². The Hall–Kier alpha value is -0.850. The number of nitrogens with one attached hydrogen (secondary N) is 2. The summed E-state index contributed by atoms with van der Waals surface area (Å²) in [5.74, 6) is 6.02. The van der Waals surface area contributed by atoms with E-state index >= 15 is 0 Å². The van der Waals surface area contributed by atoms with Crippen LogP contribution in [0.5, 0.6) is 0 Å². The number of likely N-dealkylation sites (N-methyl/N-ethyl adjacent to an activating group) is 1. The Morgan fingerprint density at radius 3 is 2.33 bits per heavy atom. The van der Waals surface area contributed by atoms with Crippen LogP contribution in [0.3, 0.4) is 0 Å². The van der Waals surface area contributed by atoms with Gasteiger partial charge in [-0.3, -0.25) is 10.9 Å². The molecule has 1 aliphatic heterocycles. The molecule has 0 unspecified atom stereocenters. The third-order valence-electron chi connectivity index (χ3n) is 2.29. The number of hydrazine groups is 2. The molecular formula is C9H22N6. The minimum absolute atomic E-state index is 0.232. The van der Waals surface area contributed by atoms with Crippen molar-refractivity contribution in [3.8, 4) is 0 Å². The van der Waals surface area contributed by atoms with Crippen molar-refractivity contribution in [2.75, 3.05) is 33.2 Å². The van der Waals surface area contributed by atoms with Gasteiger partial charge in [-0.05, 0) is 20.9 Å². The van der Waals surface area contributed by atoms with Gasteiger partial charge >= 0.3 is 0 Å². The molecule has 1 heterocycles.